The molecule has 0 unspecified atom stereocenters. The second-order valence-electron chi connectivity index (χ2n) is 4.52. The van der Waals surface area contributed by atoms with Gasteiger partial charge in [-0.2, -0.15) is 5.26 Å². The highest BCUT2D eigenvalue weighted by Gasteiger charge is 2.14. The Labute approximate surface area is 122 Å². The predicted octanol–water partition coefficient (Wildman–Crippen LogP) is 3.25. The average molecular weight is 279 g/mol. The fourth-order valence-corrected chi connectivity index (χ4v) is 2.03. The lowest BCUT2D eigenvalue weighted by Gasteiger charge is -2.09. The zero-order valence-electron chi connectivity index (χ0n) is 11.4. The zero-order chi connectivity index (χ0) is 15.4. The summed E-state index contributed by atoms with van der Waals surface area (Å²) in [4.78, 5) is 10.4. The van der Waals surface area contributed by atoms with Gasteiger partial charge in [-0.05, 0) is 18.1 Å². The number of nitro groups is 1. The van der Waals surface area contributed by atoms with E-state index in [1.54, 1.807) is 37.3 Å². The van der Waals surface area contributed by atoms with Gasteiger partial charge in [0.1, 0.15) is 6.07 Å². The van der Waals surface area contributed by atoms with Crippen LogP contribution in [-0.4, -0.2) is 4.92 Å². The van der Waals surface area contributed by atoms with E-state index >= 15 is 0 Å². The van der Waals surface area contributed by atoms with E-state index in [9.17, 15) is 15.4 Å². The first-order valence-electron chi connectivity index (χ1n) is 6.25. The molecule has 0 aromatic heterocycles. The predicted molar refractivity (Wildman–Crippen MR) is 80.9 cm³/mol. The summed E-state index contributed by atoms with van der Waals surface area (Å²) < 4.78 is 0. The summed E-state index contributed by atoms with van der Waals surface area (Å²) in [6.07, 6.45) is 0. The van der Waals surface area contributed by atoms with Crippen LogP contribution in [0.2, 0.25) is 0 Å². The summed E-state index contributed by atoms with van der Waals surface area (Å²) in [5.74, 6) is 0. The van der Waals surface area contributed by atoms with Gasteiger partial charge in [-0.15, -0.1) is 0 Å². The van der Waals surface area contributed by atoms with Crippen molar-refractivity contribution < 1.29 is 4.92 Å². The summed E-state index contributed by atoms with van der Waals surface area (Å²) in [5.41, 5.74) is 8.55. The number of nitrogens with zero attached hydrogens (tertiary/aromatic N) is 2. The fourth-order valence-electron chi connectivity index (χ4n) is 2.03. The van der Waals surface area contributed by atoms with Crippen LogP contribution in [0.15, 0.2) is 48.5 Å². The second-order valence-corrected chi connectivity index (χ2v) is 4.52. The number of non-ortho nitro benzene ring substituents is 1. The molecule has 2 aromatic carbocycles. The lowest BCUT2D eigenvalue weighted by atomic mass is 9.97. The van der Waals surface area contributed by atoms with Gasteiger partial charge in [0.2, 0.25) is 0 Å². The monoisotopic (exact) mass is 279 g/mol. The molecule has 2 N–H and O–H groups in total. The van der Waals surface area contributed by atoms with Crippen molar-refractivity contribution in [3.05, 3.63) is 75.3 Å². The molecule has 2 rings (SSSR count). The number of allylic oxidation sites excluding steroid dienone is 1. The summed E-state index contributed by atoms with van der Waals surface area (Å²) in [6, 6.07) is 15.5. The normalized spacial score (nSPS) is 11.4. The Kier molecular flexibility index (Phi) is 4.00. The Morgan fingerprint density at radius 2 is 1.90 bits per heavy atom. The SMILES string of the molecule is Cc1ccc([N+](=O)[O-])cc1/C(N)=C(/C#N)c1ccccc1. The smallest absolute Gasteiger partial charge is 0.270 e. The van der Waals surface area contributed by atoms with Crippen LogP contribution in [-0.2, 0) is 0 Å². The van der Waals surface area contributed by atoms with Gasteiger partial charge in [0.15, 0.2) is 0 Å². The van der Waals surface area contributed by atoms with E-state index in [2.05, 4.69) is 6.07 Å². The van der Waals surface area contributed by atoms with Crippen LogP contribution in [0.1, 0.15) is 16.7 Å². The molecular formula is C16H13N3O2. The highest BCUT2D eigenvalue weighted by molar-refractivity contribution is 5.96. The standard InChI is InChI=1S/C16H13N3O2/c1-11-7-8-13(19(20)21)9-14(11)16(18)15(10-17)12-5-3-2-4-6-12/h2-9H,18H2,1H3/b16-15+. The van der Waals surface area contributed by atoms with E-state index in [0.29, 0.717) is 16.7 Å². The molecule has 0 aliphatic rings. The maximum absolute atomic E-state index is 10.9. The molecule has 0 aliphatic carbocycles. The Morgan fingerprint density at radius 3 is 2.48 bits per heavy atom. The van der Waals surface area contributed by atoms with Gasteiger partial charge >= 0.3 is 0 Å². The Morgan fingerprint density at radius 1 is 1.24 bits per heavy atom. The molecule has 0 radical (unpaired) electrons. The van der Waals surface area contributed by atoms with Crippen molar-refractivity contribution >= 4 is 17.0 Å². The number of nitrogens with two attached hydrogens (primary N) is 1. The second kappa shape index (κ2) is 5.88. The number of nitro benzene ring substituents is 1. The molecule has 0 atom stereocenters. The molecular weight excluding hydrogens is 266 g/mol. The Balaban J connectivity index is 2.64. The van der Waals surface area contributed by atoms with Crippen molar-refractivity contribution in [2.75, 3.05) is 0 Å². The van der Waals surface area contributed by atoms with Gasteiger partial charge in [-0.1, -0.05) is 36.4 Å². The third-order valence-electron chi connectivity index (χ3n) is 3.17. The molecule has 0 fully saturated rings. The molecule has 0 heterocycles. The van der Waals surface area contributed by atoms with E-state index in [-0.39, 0.29) is 11.4 Å². The first kappa shape index (κ1) is 14.3. The van der Waals surface area contributed by atoms with E-state index in [1.165, 1.54) is 12.1 Å². The highest BCUT2D eigenvalue weighted by Crippen LogP contribution is 2.27. The van der Waals surface area contributed by atoms with Gasteiger partial charge in [-0.3, -0.25) is 10.1 Å². The van der Waals surface area contributed by atoms with Crippen LogP contribution in [0.4, 0.5) is 5.69 Å². The topological polar surface area (TPSA) is 92.9 Å². The average Bonchev–Trinajstić information content (AvgIpc) is 2.49. The first-order chi connectivity index (χ1) is 10.0. The van der Waals surface area contributed by atoms with Crippen molar-refractivity contribution in [3.8, 4) is 6.07 Å². The van der Waals surface area contributed by atoms with E-state index < -0.39 is 4.92 Å². The van der Waals surface area contributed by atoms with Crippen molar-refractivity contribution in [3.63, 3.8) is 0 Å². The summed E-state index contributed by atoms with van der Waals surface area (Å²) in [6.45, 7) is 1.80. The minimum absolute atomic E-state index is 0.0519. The van der Waals surface area contributed by atoms with Crippen LogP contribution in [0.3, 0.4) is 0 Å². The minimum atomic E-state index is -0.481. The third kappa shape index (κ3) is 2.90. The third-order valence-corrected chi connectivity index (χ3v) is 3.17. The number of aryl methyl sites for hydroxylation is 1. The minimum Gasteiger partial charge on any atom is -0.397 e. The zero-order valence-corrected chi connectivity index (χ0v) is 11.4. The number of benzene rings is 2. The first-order valence-corrected chi connectivity index (χ1v) is 6.25. The maximum atomic E-state index is 10.9. The van der Waals surface area contributed by atoms with Crippen molar-refractivity contribution in [1.82, 2.24) is 0 Å². The quantitative estimate of drug-likeness (QED) is 0.404. The molecule has 0 bridgehead atoms. The van der Waals surface area contributed by atoms with Gasteiger partial charge in [-0.25, -0.2) is 0 Å². The molecule has 5 nitrogen and oxygen atoms in total. The molecule has 0 saturated carbocycles. The van der Waals surface area contributed by atoms with Gasteiger partial charge < -0.3 is 5.73 Å². The maximum Gasteiger partial charge on any atom is 0.270 e. The van der Waals surface area contributed by atoms with E-state index in [0.717, 1.165) is 5.56 Å². The van der Waals surface area contributed by atoms with Crippen molar-refractivity contribution in [2.24, 2.45) is 5.73 Å². The molecule has 0 amide bonds. The molecule has 0 spiro atoms. The van der Waals surface area contributed by atoms with Gasteiger partial charge in [0.25, 0.3) is 5.69 Å². The Bertz CT molecular complexity index is 759. The van der Waals surface area contributed by atoms with Crippen LogP contribution >= 0.6 is 0 Å². The van der Waals surface area contributed by atoms with E-state index in [4.69, 9.17) is 5.73 Å². The van der Waals surface area contributed by atoms with Crippen LogP contribution in [0, 0.1) is 28.4 Å². The fraction of sp³-hybridized carbons (Fsp3) is 0.0625. The molecule has 5 heteroatoms. The van der Waals surface area contributed by atoms with Crippen molar-refractivity contribution in [2.45, 2.75) is 6.92 Å². The number of nitriles is 1. The Hall–Kier alpha value is -3.13. The molecule has 0 saturated heterocycles. The van der Waals surface area contributed by atoms with Gasteiger partial charge in [0, 0.05) is 17.7 Å². The van der Waals surface area contributed by atoms with Crippen molar-refractivity contribution in [1.29, 1.82) is 5.26 Å². The van der Waals surface area contributed by atoms with Gasteiger partial charge in [0.05, 0.1) is 16.2 Å². The number of rotatable bonds is 3. The van der Waals surface area contributed by atoms with Crippen LogP contribution in [0.5, 0.6) is 0 Å². The molecule has 0 aliphatic heterocycles. The number of hydrogen-bond donors (Lipinski definition) is 1. The molecule has 104 valence electrons. The summed E-state index contributed by atoms with van der Waals surface area (Å²) >= 11 is 0. The lowest BCUT2D eigenvalue weighted by Crippen LogP contribution is -2.03. The highest BCUT2D eigenvalue weighted by atomic mass is 16.6. The van der Waals surface area contributed by atoms with Crippen LogP contribution < -0.4 is 5.73 Å². The van der Waals surface area contributed by atoms with E-state index in [1.807, 2.05) is 6.07 Å². The summed E-state index contributed by atoms with van der Waals surface area (Å²) in [7, 11) is 0. The number of hydrogen-bond acceptors (Lipinski definition) is 4. The lowest BCUT2D eigenvalue weighted by molar-refractivity contribution is -0.384. The molecule has 2 aromatic rings. The van der Waals surface area contributed by atoms with Crippen LogP contribution in [0.25, 0.3) is 11.3 Å². The molecule has 21 heavy (non-hydrogen) atoms. The summed E-state index contributed by atoms with van der Waals surface area (Å²) in [5, 5.41) is 20.2. The largest absolute Gasteiger partial charge is 0.397 e.